The van der Waals surface area contributed by atoms with Gasteiger partial charge in [0.05, 0.1) is 18.8 Å². The molecule has 0 rings (SSSR count). The van der Waals surface area contributed by atoms with E-state index < -0.39 is 0 Å². The Morgan fingerprint density at radius 3 is 2.45 bits per heavy atom. The minimum atomic E-state index is 0.0509. The van der Waals surface area contributed by atoms with E-state index in [1.807, 2.05) is 6.92 Å². The predicted octanol–water partition coefficient (Wildman–Crippen LogP) is 0.775. The van der Waals surface area contributed by atoms with Crippen molar-refractivity contribution in [2.24, 2.45) is 5.73 Å². The molecule has 0 aromatic rings. The molecule has 68 valence electrons. The lowest BCUT2D eigenvalue weighted by Gasteiger charge is -2.19. The molecule has 0 bridgehead atoms. The molecule has 3 nitrogen and oxygen atoms in total. The minimum Gasteiger partial charge on any atom is -0.382 e. The van der Waals surface area contributed by atoms with Gasteiger partial charge in [0.1, 0.15) is 0 Å². The highest BCUT2D eigenvalue weighted by molar-refractivity contribution is 4.59. The van der Waals surface area contributed by atoms with Gasteiger partial charge in [-0.05, 0) is 13.3 Å². The van der Waals surface area contributed by atoms with Crippen molar-refractivity contribution in [2.75, 3.05) is 20.3 Å². The quantitative estimate of drug-likeness (QED) is 0.626. The Bertz CT molecular complexity index is 88.2. The van der Waals surface area contributed by atoms with Gasteiger partial charge >= 0.3 is 0 Å². The first-order valence-electron chi connectivity index (χ1n) is 4.09. The summed E-state index contributed by atoms with van der Waals surface area (Å²) in [7, 11) is 1.66. The largest absolute Gasteiger partial charge is 0.382 e. The van der Waals surface area contributed by atoms with E-state index in [-0.39, 0.29) is 12.2 Å². The molecule has 0 aliphatic heterocycles. The number of methoxy groups -OCH3 is 1. The second kappa shape index (κ2) is 6.58. The molecule has 0 aromatic heterocycles. The van der Waals surface area contributed by atoms with Crippen LogP contribution in [0.3, 0.4) is 0 Å². The van der Waals surface area contributed by atoms with Gasteiger partial charge in [0, 0.05) is 13.7 Å². The molecule has 0 aliphatic carbocycles. The van der Waals surface area contributed by atoms with Crippen molar-refractivity contribution in [2.45, 2.75) is 32.5 Å². The zero-order chi connectivity index (χ0) is 8.69. The summed E-state index contributed by atoms with van der Waals surface area (Å²) in [5, 5.41) is 0. The maximum Gasteiger partial charge on any atom is 0.0933 e. The van der Waals surface area contributed by atoms with Crippen LogP contribution in [0.5, 0.6) is 0 Å². The molecule has 0 aliphatic rings. The first kappa shape index (κ1) is 10.9. The molecule has 2 atom stereocenters. The van der Waals surface area contributed by atoms with E-state index in [9.17, 15) is 0 Å². The number of nitrogens with two attached hydrogens (primary N) is 1. The van der Waals surface area contributed by atoms with Crippen LogP contribution in [0.1, 0.15) is 20.3 Å². The van der Waals surface area contributed by atoms with Gasteiger partial charge in [-0.3, -0.25) is 0 Å². The van der Waals surface area contributed by atoms with Crippen LogP contribution in [0, 0.1) is 0 Å². The SMILES string of the molecule is CC[C@H](C)O[C@@H](CN)COC. The second-order valence-corrected chi connectivity index (χ2v) is 2.67. The average Bonchev–Trinajstić information content (AvgIpc) is 2.03. The highest BCUT2D eigenvalue weighted by atomic mass is 16.5. The topological polar surface area (TPSA) is 44.5 Å². The van der Waals surface area contributed by atoms with Crippen LogP contribution in [0.4, 0.5) is 0 Å². The fourth-order valence-corrected chi connectivity index (χ4v) is 0.774. The summed E-state index contributed by atoms with van der Waals surface area (Å²) in [6.07, 6.45) is 1.34. The van der Waals surface area contributed by atoms with Gasteiger partial charge in [-0.25, -0.2) is 0 Å². The summed E-state index contributed by atoms with van der Waals surface area (Å²) in [6.45, 7) is 5.24. The van der Waals surface area contributed by atoms with Crippen LogP contribution in [-0.4, -0.2) is 32.5 Å². The summed E-state index contributed by atoms with van der Waals surface area (Å²) >= 11 is 0. The predicted molar refractivity (Wildman–Crippen MR) is 45.6 cm³/mol. The number of hydrogen-bond acceptors (Lipinski definition) is 3. The molecule has 0 heterocycles. The van der Waals surface area contributed by atoms with Crippen LogP contribution >= 0.6 is 0 Å². The van der Waals surface area contributed by atoms with Crippen molar-refractivity contribution in [3.8, 4) is 0 Å². The van der Waals surface area contributed by atoms with Crippen molar-refractivity contribution in [1.82, 2.24) is 0 Å². The Hall–Kier alpha value is -0.120. The molecule has 0 amide bonds. The standard InChI is InChI=1S/C8H19NO2/c1-4-7(2)11-8(5-9)6-10-3/h7-8H,4-6,9H2,1-3H3/t7-,8-/m0/s1. The lowest BCUT2D eigenvalue weighted by Crippen LogP contribution is -2.31. The summed E-state index contributed by atoms with van der Waals surface area (Å²) in [5.41, 5.74) is 5.46. The van der Waals surface area contributed by atoms with E-state index in [1.54, 1.807) is 7.11 Å². The smallest absolute Gasteiger partial charge is 0.0933 e. The third-order valence-electron chi connectivity index (χ3n) is 1.62. The van der Waals surface area contributed by atoms with Gasteiger partial charge in [-0.15, -0.1) is 0 Å². The zero-order valence-electron chi connectivity index (χ0n) is 7.67. The van der Waals surface area contributed by atoms with Gasteiger partial charge in [0.25, 0.3) is 0 Å². The van der Waals surface area contributed by atoms with Crippen LogP contribution < -0.4 is 5.73 Å². The van der Waals surface area contributed by atoms with Crippen LogP contribution in [-0.2, 0) is 9.47 Å². The molecule has 0 unspecified atom stereocenters. The number of ether oxygens (including phenoxy) is 2. The highest BCUT2D eigenvalue weighted by Crippen LogP contribution is 2.00. The Balaban J connectivity index is 3.49. The maximum absolute atomic E-state index is 5.54. The fourth-order valence-electron chi connectivity index (χ4n) is 0.774. The van der Waals surface area contributed by atoms with Crippen molar-refractivity contribution in [1.29, 1.82) is 0 Å². The van der Waals surface area contributed by atoms with E-state index in [4.69, 9.17) is 15.2 Å². The maximum atomic E-state index is 5.54. The normalized spacial score (nSPS) is 16.4. The number of hydrogen-bond donors (Lipinski definition) is 1. The fraction of sp³-hybridized carbons (Fsp3) is 1.00. The average molecular weight is 161 g/mol. The van der Waals surface area contributed by atoms with Crippen LogP contribution in [0.2, 0.25) is 0 Å². The Kier molecular flexibility index (Phi) is 6.51. The Labute approximate surface area is 68.9 Å². The van der Waals surface area contributed by atoms with E-state index in [1.165, 1.54) is 0 Å². The summed E-state index contributed by atoms with van der Waals surface area (Å²) in [5.74, 6) is 0. The van der Waals surface area contributed by atoms with Gasteiger partial charge in [-0.1, -0.05) is 6.92 Å². The molecule has 2 N–H and O–H groups in total. The Morgan fingerprint density at radius 1 is 1.45 bits per heavy atom. The first-order valence-corrected chi connectivity index (χ1v) is 4.09. The molecular formula is C8H19NO2. The van der Waals surface area contributed by atoms with Crippen LogP contribution in [0.25, 0.3) is 0 Å². The number of rotatable bonds is 6. The van der Waals surface area contributed by atoms with Crippen LogP contribution in [0.15, 0.2) is 0 Å². The molecule has 0 fully saturated rings. The zero-order valence-corrected chi connectivity index (χ0v) is 7.67. The summed E-state index contributed by atoms with van der Waals surface area (Å²) < 4.78 is 10.5. The minimum absolute atomic E-state index is 0.0509. The van der Waals surface area contributed by atoms with Gasteiger partial charge in [0.2, 0.25) is 0 Å². The van der Waals surface area contributed by atoms with E-state index in [0.717, 1.165) is 6.42 Å². The van der Waals surface area contributed by atoms with E-state index >= 15 is 0 Å². The third-order valence-corrected chi connectivity index (χ3v) is 1.62. The molecule has 3 heteroatoms. The third kappa shape index (κ3) is 5.18. The van der Waals surface area contributed by atoms with Crippen molar-refractivity contribution < 1.29 is 9.47 Å². The summed E-state index contributed by atoms with van der Waals surface area (Å²) in [4.78, 5) is 0. The monoisotopic (exact) mass is 161 g/mol. The van der Waals surface area contributed by atoms with Crippen molar-refractivity contribution in [3.05, 3.63) is 0 Å². The van der Waals surface area contributed by atoms with E-state index in [0.29, 0.717) is 13.2 Å². The highest BCUT2D eigenvalue weighted by Gasteiger charge is 2.09. The molecule has 0 aromatic carbocycles. The lowest BCUT2D eigenvalue weighted by atomic mass is 10.3. The molecule has 0 radical (unpaired) electrons. The van der Waals surface area contributed by atoms with Gasteiger partial charge < -0.3 is 15.2 Å². The molecular weight excluding hydrogens is 142 g/mol. The molecule has 11 heavy (non-hydrogen) atoms. The van der Waals surface area contributed by atoms with E-state index in [2.05, 4.69) is 6.92 Å². The first-order chi connectivity index (χ1) is 5.24. The Morgan fingerprint density at radius 2 is 2.09 bits per heavy atom. The molecule has 0 saturated heterocycles. The van der Waals surface area contributed by atoms with Crippen molar-refractivity contribution in [3.63, 3.8) is 0 Å². The molecule has 0 saturated carbocycles. The molecule has 0 spiro atoms. The van der Waals surface area contributed by atoms with Gasteiger partial charge in [-0.2, -0.15) is 0 Å². The lowest BCUT2D eigenvalue weighted by molar-refractivity contribution is -0.0368. The van der Waals surface area contributed by atoms with Gasteiger partial charge in [0.15, 0.2) is 0 Å². The second-order valence-electron chi connectivity index (χ2n) is 2.67. The van der Waals surface area contributed by atoms with Crippen molar-refractivity contribution >= 4 is 0 Å². The summed E-state index contributed by atoms with van der Waals surface area (Å²) in [6, 6.07) is 0.